The highest BCUT2D eigenvalue weighted by molar-refractivity contribution is 5.41. The second-order valence-electron chi connectivity index (χ2n) is 4.12. The van der Waals surface area contributed by atoms with Gasteiger partial charge in [-0.25, -0.2) is 4.98 Å². The summed E-state index contributed by atoms with van der Waals surface area (Å²) >= 11 is 0. The highest BCUT2D eigenvalue weighted by atomic mass is 15.2. The van der Waals surface area contributed by atoms with E-state index < -0.39 is 0 Å². The van der Waals surface area contributed by atoms with Crippen LogP contribution in [-0.4, -0.2) is 18.1 Å². The van der Waals surface area contributed by atoms with Crippen LogP contribution in [-0.2, 0) is 0 Å². The normalized spacial score (nSPS) is 17.1. The van der Waals surface area contributed by atoms with Gasteiger partial charge in [-0.3, -0.25) is 0 Å². The fraction of sp³-hybridized carbons (Fsp3) is 0.583. The van der Waals surface area contributed by atoms with Crippen LogP contribution in [0.3, 0.4) is 0 Å². The molecule has 0 amide bonds. The van der Waals surface area contributed by atoms with E-state index in [1.54, 1.807) is 0 Å². The molecule has 0 radical (unpaired) electrons. The van der Waals surface area contributed by atoms with E-state index in [1.165, 1.54) is 37.9 Å². The van der Waals surface area contributed by atoms with Crippen LogP contribution < -0.4 is 4.90 Å². The van der Waals surface area contributed by atoms with E-state index in [1.807, 2.05) is 0 Å². The van der Waals surface area contributed by atoms with Crippen LogP contribution in [0.2, 0.25) is 0 Å². The monoisotopic (exact) mass is 190 g/mol. The maximum absolute atomic E-state index is 4.62. The van der Waals surface area contributed by atoms with Gasteiger partial charge in [0.1, 0.15) is 5.82 Å². The van der Waals surface area contributed by atoms with Crippen molar-refractivity contribution in [3.05, 3.63) is 23.4 Å². The molecule has 1 aromatic heterocycles. The van der Waals surface area contributed by atoms with Gasteiger partial charge in [-0.15, -0.1) is 0 Å². The molecule has 76 valence electrons. The van der Waals surface area contributed by atoms with E-state index in [0.29, 0.717) is 0 Å². The molecule has 14 heavy (non-hydrogen) atoms. The zero-order chi connectivity index (χ0) is 9.97. The summed E-state index contributed by atoms with van der Waals surface area (Å²) in [6.07, 6.45) is 4.00. The Morgan fingerprint density at radius 2 is 1.79 bits per heavy atom. The van der Waals surface area contributed by atoms with E-state index in [2.05, 4.69) is 35.9 Å². The number of aryl methyl sites for hydroxylation is 2. The first kappa shape index (κ1) is 9.50. The summed E-state index contributed by atoms with van der Waals surface area (Å²) in [7, 11) is 0. The number of pyridine rings is 1. The fourth-order valence-corrected chi connectivity index (χ4v) is 1.92. The van der Waals surface area contributed by atoms with Crippen LogP contribution >= 0.6 is 0 Å². The van der Waals surface area contributed by atoms with Gasteiger partial charge in [-0.2, -0.15) is 0 Å². The number of rotatable bonds is 1. The van der Waals surface area contributed by atoms with Crippen molar-refractivity contribution in [3.8, 4) is 0 Å². The molecule has 0 spiro atoms. The van der Waals surface area contributed by atoms with Crippen molar-refractivity contribution in [2.24, 2.45) is 0 Å². The first-order chi connectivity index (χ1) is 6.77. The van der Waals surface area contributed by atoms with Gasteiger partial charge in [0.15, 0.2) is 0 Å². The molecule has 2 heterocycles. The lowest BCUT2D eigenvalue weighted by Gasteiger charge is -2.28. The molecule has 2 nitrogen and oxygen atoms in total. The molecule has 0 bridgehead atoms. The summed E-state index contributed by atoms with van der Waals surface area (Å²) in [4.78, 5) is 7.02. The average molecular weight is 190 g/mol. The van der Waals surface area contributed by atoms with Gasteiger partial charge in [0.2, 0.25) is 0 Å². The molecule has 0 aromatic carbocycles. The number of hydrogen-bond acceptors (Lipinski definition) is 2. The first-order valence-electron chi connectivity index (χ1n) is 5.46. The van der Waals surface area contributed by atoms with E-state index in [-0.39, 0.29) is 0 Å². The number of nitrogens with zero attached hydrogens (tertiary/aromatic N) is 2. The van der Waals surface area contributed by atoms with Crippen LogP contribution in [0.15, 0.2) is 12.1 Å². The lowest BCUT2D eigenvalue weighted by Crippen LogP contribution is -2.30. The second kappa shape index (κ2) is 3.99. The van der Waals surface area contributed by atoms with Crippen molar-refractivity contribution in [3.63, 3.8) is 0 Å². The maximum atomic E-state index is 4.62. The molecule has 0 saturated carbocycles. The largest absolute Gasteiger partial charge is 0.357 e. The van der Waals surface area contributed by atoms with Crippen molar-refractivity contribution < 1.29 is 0 Å². The molecule has 0 N–H and O–H groups in total. The van der Waals surface area contributed by atoms with Gasteiger partial charge in [-0.05, 0) is 44.7 Å². The lowest BCUT2D eigenvalue weighted by atomic mass is 10.1. The van der Waals surface area contributed by atoms with E-state index in [9.17, 15) is 0 Å². The highest BCUT2D eigenvalue weighted by Gasteiger charge is 2.11. The molecule has 1 aliphatic rings. The molecule has 0 aliphatic carbocycles. The highest BCUT2D eigenvalue weighted by Crippen LogP contribution is 2.18. The van der Waals surface area contributed by atoms with Gasteiger partial charge in [0.25, 0.3) is 0 Å². The molecule has 1 aliphatic heterocycles. The summed E-state index contributed by atoms with van der Waals surface area (Å²) in [6.45, 7) is 6.55. The molecular formula is C12H18N2. The lowest BCUT2D eigenvalue weighted by molar-refractivity contribution is 0.573. The molecule has 1 saturated heterocycles. The zero-order valence-electron chi connectivity index (χ0n) is 9.08. The molecule has 0 unspecified atom stereocenters. The van der Waals surface area contributed by atoms with E-state index >= 15 is 0 Å². The molecule has 2 rings (SSSR count). The Balaban J connectivity index is 2.18. The van der Waals surface area contributed by atoms with Crippen LogP contribution in [0.5, 0.6) is 0 Å². The van der Waals surface area contributed by atoms with E-state index in [0.717, 1.165) is 11.5 Å². The standard InChI is InChI=1S/C12H18N2/c1-10-6-7-12(13-11(10)2)14-8-4-3-5-9-14/h6-7H,3-5,8-9H2,1-2H3. The molecule has 2 heteroatoms. The molecule has 1 aromatic rings. The van der Waals surface area contributed by atoms with Crippen molar-refractivity contribution in [2.75, 3.05) is 18.0 Å². The Labute approximate surface area is 86.0 Å². The predicted molar refractivity (Wildman–Crippen MR) is 59.8 cm³/mol. The zero-order valence-corrected chi connectivity index (χ0v) is 9.08. The topological polar surface area (TPSA) is 16.1 Å². The van der Waals surface area contributed by atoms with Crippen LogP contribution in [0.4, 0.5) is 5.82 Å². The quantitative estimate of drug-likeness (QED) is 0.677. The minimum absolute atomic E-state index is 1.16. The number of aromatic nitrogens is 1. The van der Waals surface area contributed by atoms with Crippen LogP contribution in [0.1, 0.15) is 30.5 Å². The average Bonchev–Trinajstić information content (AvgIpc) is 2.23. The van der Waals surface area contributed by atoms with Crippen LogP contribution in [0.25, 0.3) is 0 Å². The molecule has 1 fully saturated rings. The van der Waals surface area contributed by atoms with Crippen LogP contribution in [0, 0.1) is 13.8 Å². The third-order valence-corrected chi connectivity index (χ3v) is 3.02. The predicted octanol–water partition coefficient (Wildman–Crippen LogP) is 2.69. The van der Waals surface area contributed by atoms with Gasteiger partial charge in [0, 0.05) is 18.8 Å². The third kappa shape index (κ3) is 1.89. The summed E-state index contributed by atoms with van der Waals surface area (Å²) < 4.78 is 0. The van der Waals surface area contributed by atoms with Crippen molar-refractivity contribution >= 4 is 5.82 Å². The molecular weight excluding hydrogens is 172 g/mol. The Hall–Kier alpha value is -1.05. The summed E-state index contributed by atoms with van der Waals surface area (Å²) in [6, 6.07) is 4.32. The van der Waals surface area contributed by atoms with Gasteiger partial charge >= 0.3 is 0 Å². The van der Waals surface area contributed by atoms with Gasteiger partial charge in [-0.1, -0.05) is 6.07 Å². The second-order valence-corrected chi connectivity index (χ2v) is 4.12. The minimum atomic E-state index is 1.16. The Morgan fingerprint density at radius 3 is 2.43 bits per heavy atom. The number of hydrogen-bond donors (Lipinski definition) is 0. The summed E-state index contributed by atoms with van der Waals surface area (Å²) in [5, 5.41) is 0. The van der Waals surface area contributed by atoms with Crippen molar-refractivity contribution in [1.82, 2.24) is 4.98 Å². The summed E-state index contributed by atoms with van der Waals surface area (Å²) in [5.74, 6) is 1.16. The third-order valence-electron chi connectivity index (χ3n) is 3.02. The van der Waals surface area contributed by atoms with E-state index in [4.69, 9.17) is 0 Å². The van der Waals surface area contributed by atoms with Gasteiger partial charge < -0.3 is 4.90 Å². The maximum Gasteiger partial charge on any atom is 0.128 e. The SMILES string of the molecule is Cc1ccc(N2CCCCC2)nc1C. The Morgan fingerprint density at radius 1 is 1.07 bits per heavy atom. The number of anilines is 1. The first-order valence-corrected chi connectivity index (χ1v) is 5.46. The van der Waals surface area contributed by atoms with Crippen molar-refractivity contribution in [1.29, 1.82) is 0 Å². The van der Waals surface area contributed by atoms with Gasteiger partial charge in [0.05, 0.1) is 0 Å². The minimum Gasteiger partial charge on any atom is -0.357 e. The smallest absolute Gasteiger partial charge is 0.128 e. The molecule has 0 atom stereocenters. The summed E-state index contributed by atoms with van der Waals surface area (Å²) in [5.41, 5.74) is 2.44. The van der Waals surface area contributed by atoms with Crippen molar-refractivity contribution in [2.45, 2.75) is 33.1 Å². The Bertz CT molecular complexity index is 314. The Kier molecular flexibility index (Phi) is 2.71. The number of piperidine rings is 1. The fourth-order valence-electron chi connectivity index (χ4n) is 1.92.